The van der Waals surface area contributed by atoms with Crippen LogP contribution in [0, 0.1) is 0 Å². The fourth-order valence-electron chi connectivity index (χ4n) is 2.44. The van der Waals surface area contributed by atoms with Crippen molar-refractivity contribution in [3.8, 4) is 0 Å². The topological polar surface area (TPSA) is 40.5 Å². The summed E-state index contributed by atoms with van der Waals surface area (Å²) in [5, 5.41) is 9.84. The third-order valence-corrected chi connectivity index (χ3v) is 3.62. The van der Waals surface area contributed by atoms with Gasteiger partial charge in [0.25, 0.3) is 0 Å². The number of hydrogen-bond acceptors (Lipinski definition) is 2. The van der Waals surface area contributed by atoms with Gasteiger partial charge in [-0.1, -0.05) is 30.9 Å². The molecule has 1 N–H and O–H groups in total. The number of benzene rings is 1. The van der Waals surface area contributed by atoms with Gasteiger partial charge in [0.1, 0.15) is 0 Å². The van der Waals surface area contributed by atoms with Gasteiger partial charge in [-0.05, 0) is 31.0 Å². The third-order valence-electron chi connectivity index (χ3n) is 3.39. The number of carboxylic acids is 1. The molecular formula is C14H18ClNO2. The largest absolute Gasteiger partial charge is 0.478 e. The maximum absolute atomic E-state index is 11.3. The Labute approximate surface area is 112 Å². The zero-order chi connectivity index (χ0) is 13.0. The Morgan fingerprint density at radius 3 is 2.33 bits per heavy atom. The second-order valence-electron chi connectivity index (χ2n) is 4.72. The molecule has 1 aliphatic rings. The van der Waals surface area contributed by atoms with Crippen molar-refractivity contribution in [3.05, 3.63) is 28.8 Å². The smallest absolute Gasteiger partial charge is 0.337 e. The zero-order valence-electron chi connectivity index (χ0n) is 10.4. The number of anilines is 1. The van der Waals surface area contributed by atoms with Gasteiger partial charge in [-0.25, -0.2) is 4.79 Å². The van der Waals surface area contributed by atoms with Crippen molar-refractivity contribution in [2.24, 2.45) is 0 Å². The molecule has 1 aliphatic heterocycles. The van der Waals surface area contributed by atoms with E-state index in [-0.39, 0.29) is 0 Å². The first-order valence-corrected chi connectivity index (χ1v) is 6.84. The molecule has 0 aromatic heterocycles. The van der Waals surface area contributed by atoms with Crippen LogP contribution in [-0.2, 0) is 0 Å². The fraction of sp³-hybridized carbons (Fsp3) is 0.500. The van der Waals surface area contributed by atoms with Crippen LogP contribution in [0.3, 0.4) is 0 Å². The molecule has 1 fully saturated rings. The standard InChI is InChI=1S/C14H18ClNO2/c15-11-6-7-12(14(17)18)13(10-11)16-8-4-2-1-3-5-9-16/h6-7,10H,1-5,8-9H2,(H,17,18). The van der Waals surface area contributed by atoms with E-state index in [1.54, 1.807) is 18.2 Å². The van der Waals surface area contributed by atoms with Gasteiger partial charge >= 0.3 is 5.97 Å². The third kappa shape index (κ3) is 3.16. The molecule has 2 rings (SSSR count). The number of aromatic carboxylic acids is 1. The Bertz CT molecular complexity index is 426. The van der Waals surface area contributed by atoms with Crippen molar-refractivity contribution in [1.29, 1.82) is 0 Å². The molecule has 0 radical (unpaired) electrons. The summed E-state index contributed by atoms with van der Waals surface area (Å²) in [7, 11) is 0. The summed E-state index contributed by atoms with van der Waals surface area (Å²) < 4.78 is 0. The maximum Gasteiger partial charge on any atom is 0.337 e. The monoisotopic (exact) mass is 267 g/mol. The van der Waals surface area contributed by atoms with Crippen LogP contribution in [0.25, 0.3) is 0 Å². The summed E-state index contributed by atoms with van der Waals surface area (Å²) >= 11 is 5.99. The molecular weight excluding hydrogens is 250 g/mol. The minimum absolute atomic E-state index is 0.347. The number of carboxylic acid groups (broad SMARTS) is 1. The van der Waals surface area contributed by atoms with E-state index in [2.05, 4.69) is 4.90 Å². The molecule has 1 saturated heterocycles. The summed E-state index contributed by atoms with van der Waals surface area (Å²) in [6, 6.07) is 5.00. The highest BCUT2D eigenvalue weighted by atomic mass is 35.5. The van der Waals surface area contributed by atoms with Crippen LogP contribution in [0.2, 0.25) is 5.02 Å². The molecule has 0 bridgehead atoms. The molecule has 1 aromatic carbocycles. The van der Waals surface area contributed by atoms with Crippen LogP contribution >= 0.6 is 11.6 Å². The molecule has 0 unspecified atom stereocenters. The van der Waals surface area contributed by atoms with Gasteiger partial charge in [-0.3, -0.25) is 0 Å². The van der Waals surface area contributed by atoms with E-state index < -0.39 is 5.97 Å². The highest BCUT2D eigenvalue weighted by molar-refractivity contribution is 6.31. The summed E-state index contributed by atoms with van der Waals surface area (Å²) in [6.07, 6.45) is 5.96. The number of halogens is 1. The van der Waals surface area contributed by atoms with E-state index in [9.17, 15) is 9.90 Å². The predicted molar refractivity (Wildman–Crippen MR) is 73.7 cm³/mol. The number of hydrogen-bond donors (Lipinski definition) is 1. The van der Waals surface area contributed by atoms with Crippen molar-refractivity contribution in [2.45, 2.75) is 32.1 Å². The van der Waals surface area contributed by atoms with E-state index in [0.29, 0.717) is 10.6 Å². The van der Waals surface area contributed by atoms with Crippen LogP contribution in [0.4, 0.5) is 5.69 Å². The molecule has 0 aliphatic carbocycles. The highest BCUT2D eigenvalue weighted by Crippen LogP contribution is 2.27. The van der Waals surface area contributed by atoms with Gasteiger partial charge in [0.15, 0.2) is 0 Å². The lowest BCUT2D eigenvalue weighted by Crippen LogP contribution is -2.28. The van der Waals surface area contributed by atoms with Crippen LogP contribution < -0.4 is 4.90 Å². The molecule has 0 atom stereocenters. The first-order valence-electron chi connectivity index (χ1n) is 6.46. The van der Waals surface area contributed by atoms with Crippen molar-refractivity contribution in [1.82, 2.24) is 0 Å². The summed E-state index contributed by atoms with van der Waals surface area (Å²) in [6.45, 7) is 1.83. The Kier molecular flexibility index (Phi) is 4.48. The molecule has 0 saturated carbocycles. The van der Waals surface area contributed by atoms with Crippen molar-refractivity contribution in [2.75, 3.05) is 18.0 Å². The van der Waals surface area contributed by atoms with Crippen LogP contribution in [-0.4, -0.2) is 24.2 Å². The summed E-state index contributed by atoms with van der Waals surface area (Å²) in [4.78, 5) is 13.4. The van der Waals surface area contributed by atoms with Crippen LogP contribution in [0.15, 0.2) is 18.2 Å². The molecule has 98 valence electrons. The van der Waals surface area contributed by atoms with E-state index in [0.717, 1.165) is 31.6 Å². The lowest BCUT2D eigenvalue weighted by molar-refractivity contribution is 0.0697. The van der Waals surface area contributed by atoms with Gasteiger partial charge in [-0.2, -0.15) is 0 Å². The molecule has 0 amide bonds. The van der Waals surface area contributed by atoms with Gasteiger partial charge < -0.3 is 10.0 Å². The zero-order valence-corrected chi connectivity index (χ0v) is 11.1. The van der Waals surface area contributed by atoms with Crippen LogP contribution in [0.5, 0.6) is 0 Å². The van der Waals surface area contributed by atoms with Crippen molar-refractivity contribution < 1.29 is 9.90 Å². The first-order chi connectivity index (χ1) is 8.68. The van der Waals surface area contributed by atoms with Crippen molar-refractivity contribution in [3.63, 3.8) is 0 Å². The van der Waals surface area contributed by atoms with E-state index >= 15 is 0 Å². The quantitative estimate of drug-likeness (QED) is 0.886. The Hall–Kier alpha value is -1.22. The Morgan fingerprint density at radius 2 is 1.72 bits per heavy atom. The lowest BCUT2D eigenvalue weighted by atomic mass is 10.1. The molecule has 4 heteroatoms. The maximum atomic E-state index is 11.3. The highest BCUT2D eigenvalue weighted by Gasteiger charge is 2.17. The molecule has 18 heavy (non-hydrogen) atoms. The van der Waals surface area contributed by atoms with Gasteiger partial charge in [0.2, 0.25) is 0 Å². The average Bonchev–Trinajstić information content (AvgIpc) is 2.27. The number of nitrogens with zero attached hydrogens (tertiary/aromatic N) is 1. The number of carbonyl (C=O) groups is 1. The molecule has 1 aromatic rings. The predicted octanol–water partition coefficient (Wildman–Crippen LogP) is 3.81. The lowest BCUT2D eigenvalue weighted by Gasteiger charge is -2.28. The summed E-state index contributed by atoms with van der Waals surface area (Å²) in [5.41, 5.74) is 1.11. The van der Waals surface area contributed by atoms with Crippen molar-refractivity contribution >= 4 is 23.3 Å². The van der Waals surface area contributed by atoms with E-state index in [4.69, 9.17) is 11.6 Å². The van der Waals surface area contributed by atoms with Crippen LogP contribution in [0.1, 0.15) is 42.5 Å². The van der Waals surface area contributed by atoms with E-state index in [1.165, 1.54) is 19.3 Å². The Morgan fingerprint density at radius 1 is 1.11 bits per heavy atom. The van der Waals surface area contributed by atoms with Gasteiger partial charge in [-0.15, -0.1) is 0 Å². The second-order valence-corrected chi connectivity index (χ2v) is 5.16. The Balaban J connectivity index is 2.28. The first kappa shape index (κ1) is 13.2. The average molecular weight is 268 g/mol. The minimum Gasteiger partial charge on any atom is -0.478 e. The SMILES string of the molecule is O=C(O)c1ccc(Cl)cc1N1CCCCCCC1. The minimum atomic E-state index is -0.885. The second kappa shape index (κ2) is 6.10. The van der Waals surface area contributed by atoms with E-state index in [1.807, 2.05) is 0 Å². The number of rotatable bonds is 2. The molecule has 3 nitrogen and oxygen atoms in total. The van der Waals surface area contributed by atoms with Gasteiger partial charge in [0, 0.05) is 18.1 Å². The summed E-state index contributed by atoms with van der Waals surface area (Å²) in [5.74, 6) is -0.885. The van der Waals surface area contributed by atoms with Gasteiger partial charge in [0.05, 0.1) is 11.3 Å². The molecule has 0 spiro atoms. The fourth-order valence-corrected chi connectivity index (χ4v) is 2.60. The normalized spacial score (nSPS) is 17.1. The molecule has 1 heterocycles.